The summed E-state index contributed by atoms with van der Waals surface area (Å²) < 4.78 is 39.9. The summed E-state index contributed by atoms with van der Waals surface area (Å²) in [6.45, 7) is 1.82. The molecule has 0 aliphatic carbocycles. The third-order valence-corrected chi connectivity index (χ3v) is 4.95. The molecule has 0 saturated carbocycles. The molecule has 1 atom stereocenters. The van der Waals surface area contributed by atoms with Gasteiger partial charge in [0, 0.05) is 5.69 Å². The normalized spacial score (nSPS) is 18.6. The minimum Gasteiger partial charge on any atom is -0.360 e. The Balaban J connectivity index is 1.88. The van der Waals surface area contributed by atoms with Crippen molar-refractivity contribution in [2.45, 2.75) is 18.0 Å². The van der Waals surface area contributed by atoms with E-state index >= 15 is 0 Å². The summed E-state index contributed by atoms with van der Waals surface area (Å²) in [7, 11) is -3.90. The molecule has 23 heavy (non-hydrogen) atoms. The van der Waals surface area contributed by atoms with Crippen LogP contribution in [0.15, 0.2) is 47.4 Å². The molecule has 6 nitrogen and oxygen atoms in total. The molecule has 3 N–H and O–H groups in total. The summed E-state index contributed by atoms with van der Waals surface area (Å²) >= 11 is 0. The van der Waals surface area contributed by atoms with Crippen molar-refractivity contribution in [1.82, 2.24) is 4.72 Å². The molecule has 0 fully saturated rings. The lowest BCUT2D eigenvalue weighted by Gasteiger charge is -2.27. The molecule has 0 unspecified atom stereocenters. The molecule has 1 aliphatic heterocycles. The minimum atomic E-state index is -3.90. The molecule has 0 saturated heterocycles. The van der Waals surface area contributed by atoms with E-state index in [4.69, 9.17) is 0 Å². The van der Waals surface area contributed by atoms with Crippen LogP contribution in [0.5, 0.6) is 0 Å². The third kappa shape index (κ3) is 3.03. The van der Waals surface area contributed by atoms with Crippen LogP contribution in [0.2, 0.25) is 0 Å². The number of anilines is 2. The van der Waals surface area contributed by atoms with E-state index in [1.807, 2.05) is 19.1 Å². The van der Waals surface area contributed by atoms with Crippen LogP contribution >= 0.6 is 0 Å². The second kappa shape index (κ2) is 5.64. The van der Waals surface area contributed by atoms with Crippen molar-refractivity contribution in [2.24, 2.45) is 0 Å². The van der Waals surface area contributed by atoms with Crippen molar-refractivity contribution >= 4 is 27.3 Å². The smallest absolute Gasteiger partial charge is 0.262 e. The molecular weight excluding hydrogens is 321 g/mol. The molecule has 120 valence electrons. The lowest BCUT2D eigenvalue weighted by molar-refractivity contribution is -0.117. The Bertz CT molecular complexity index is 883. The average Bonchev–Trinajstić information content (AvgIpc) is 2.48. The molecule has 8 heteroatoms. The first kappa shape index (κ1) is 15.4. The van der Waals surface area contributed by atoms with Crippen LogP contribution in [0.1, 0.15) is 5.56 Å². The van der Waals surface area contributed by atoms with Crippen molar-refractivity contribution in [1.29, 1.82) is 0 Å². The van der Waals surface area contributed by atoms with Crippen molar-refractivity contribution in [3.8, 4) is 0 Å². The van der Waals surface area contributed by atoms with E-state index in [0.29, 0.717) is 5.69 Å². The number of sulfonamides is 1. The fraction of sp³-hybridized carbons (Fsp3) is 0.133. The molecule has 0 bridgehead atoms. The van der Waals surface area contributed by atoms with Crippen LogP contribution in [-0.2, 0) is 14.8 Å². The fourth-order valence-electron chi connectivity index (χ4n) is 2.29. The highest BCUT2D eigenvalue weighted by molar-refractivity contribution is 7.89. The summed E-state index contributed by atoms with van der Waals surface area (Å²) in [4.78, 5) is 12.2. The Labute approximate surface area is 132 Å². The van der Waals surface area contributed by atoms with E-state index in [-0.39, 0.29) is 10.6 Å². The quantitative estimate of drug-likeness (QED) is 0.781. The number of carbonyl (C=O) groups is 1. The van der Waals surface area contributed by atoms with Crippen LogP contribution < -0.4 is 15.4 Å². The van der Waals surface area contributed by atoms with E-state index in [9.17, 15) is 17.6 Å². The van der Waals surface area contributed by atoms with Gasteiger partial charge in [-0.3, -0.25) is 4.79 Å². The number of rotatable bonds is 2. The molecule has 1 heterocycles. The summed E-state index contributed by atoms with van der Waals surface area (Å²) in [6.07, 6.45) is -1.23. The molecule has 3 rings (SSSR count). The third-order valence-electron chi connectivity index (χ3n) is 3.47. The van der Waals surface area contributed by atoms with Gasteiger partial charge in [-0.05, 0) is 36.8 Å². The fourth-order valence-corrected chi connectivity index (χ4v) is 3.55. The summed E-state index contributed by atoms with van der Waals surface area (Å²) in [5, 5.41) is 5.33. The zero-order valence-corrected chi connectivity index (χ0v) is 12.9. The zero-order valence-electron chi connectivity index (χ0n) is 12.1. The van der Waals surface area contributed by atoms with E-state index < -0.39 is 27.9 Å². The molecule has 1 amide bonds. The number of para-hydroxylation sites is 1. The highest BCUT2D eigenvalue weighted by Gasteiger charge is 2.33. The second-order valence-corrected chi connectivity index (χ2v) is 6.83. The van der Waals surface area contributed by atoms with E-state index in [2.05, 4.69) is 15.4 Å². The van der Waals surface area contributed by atoms with Gasteiger partial charge in [0.25, 0.3) is 5.91 Å². The van der Waals surface area contributed by atoms with Gasteiger partial charge in [-0.25, -0.2) is 12.8 Å². The summed E-state index contributed by atoms with van der Waals surface area (Å²) in [5.41, 5.74) is 1.46. The number of carbonyl (C=O) groups excluding carboxylic acids is 1. The van der Waals surface area contributed by atoms with Crippen LogP contribution in [0.25, 0.3) is 0 Å². The summed E-state index contributed by atoms with van der Waals surface area (Å²) in [6, 6.07) is 10.3. The molecule has 2 aromatic carbocycles. The monoisotopic (exact) mass is 335 g/mol. The number of amides is 1. The number of halogens is 1. The number of nitrogens with one attached hydrogen (secondary N) is 3. The van der Waals surface area contributed by atoms with E-state index in [1.54, 1.807) is 12.1 Å². The maximum absolute atomic E-state index is 13.3. The summed E-state index contributed by atoms with van der Waals surface area (Å²) in [5.74, 6) is -1.18. The van der Waals surface area contributed by atoms with Gasteiger partial charge in [-0.15, -0.1) is 0 Å². The molecule has 0 radical (unpaired) electrons. The number of hydrogen-bond donors (Lipinski definition) is 3. The number of benzene rings is 2. The average molecular weight is 335 g/mol. The predicted octanol–water partition coefficient (Wildman–Crippen LogP) is 1.80. The highest BCUT2D eigenvalue weighted by Crippen LogP contribution is 2.27. The minimum absolute atomic E-state index is 0.0497. The first-order chi connectivity index (χ1) is 10.9. The Morgan fingerprint density at radius 1 is 1.22 bits per heavy atom. The van der Waals surface area contributed by atoms with Crippen LogP contribution in [0.4, 0.5) is 15.8 Å². The standard InChI is InChI=1S/C15H14FN3O3S/c1-9-4-2-3-5-11(9)18-15(20)14-17-12-8-10(16)6-7-13(12)23(21,22)19-14/h2-8,14,17,19H,1H3,(H,18,20)/t14-/m1/s1. The Kier molecular flexibility index (Phi) is 3.78. The lowest BCUT2D eigenvalue weighted by atomic mass is 10.2. The Morgan fingerprint density at radius 3 is 2.70 bits per heavy atom. The molecule has 0 aromatic heterocycles. The van der Waals surface area contributed by atoms with Crippen molar-refractivity contribution in [3.63, 3.8) is 0 Å². The van der Waals surface area contributed by atoms with Gasteiger partial charge >= 0.3 is 0 Å². The van der Waals surface area contributed by atoms with Gasteiger partial charge in [0.05, 0.1) is 5.69 Å². The van der Waals surface area contributed by atoms with Gasteiger partial charge in [0.15, 0.2) is 6.17 Å². The van der Waals surface area contributed by atoms with E-state index in [1.165, 1.54) is 0 Å². The largest absolute Gasteiger partial charge is 0.360 e. The number of fused-ring (bicyclic) bond motifs is 1. The number of aryl methyl sites for hydroxylation is 1. The van der Waals surface area contributed by atoms with Crippen molar-refractivity contribution in [3.05, 3.63) is 53.8 Å². The van der Waals surface area contributed by atoms with Gasteiger partial charge in [-0.2, -0.15) is 4.72 Å². The first-order valence-corrected chi connectivity index (χ1v) is 8.30. The predicted molar refractivity (Wildman–Crippen MR) is 83.9 cm³/mol. The molecule has 0 spiro atoms. The maximum Gasteiger partial charge on any atom is 0.262 e. The maximum atomic E-state index is 13.3. The van der Waals surface area contributed by atoms with Crippen molar-refractivity contribution in [2.75, 3.05) is 10.6 Å². The molecular formula is C15H14FN3O3S. The van der Waals surface area contributed by atoms with E-state index in [0.717, 1.165) is 23.8 Å². The zero-order chi connectivity index (χ0) is 16.6. The highest BCUT2D eigenvalue weighted by atomic mass is 32.2. The van der Waals surface area contributed by atoms with Crippen LogP contribution in [0.3, 0.4) is 0 Å². The van der Waals surface area contributed by atoms with Gasteiger partial charge in [0.2, 0.25) is 10.0 Å². The van der Waals surface area contributed by atoms with Crippen LogP contribution in [-0.4, -0.2) is 20.5 Å². The van der Waals surface area contributed by atoms with Crippen molar-refractivity contribution < 1.29 is 17.6 Å². The Hall–Kier alpha value is -2.45. The lowest BCUT2D eigenvalue weighted by Crippen LogP contribution is -2.51. The Morgan fingerprint density at radius 2 is 1.96 bits per heavy atom. The molecule has 2 aromatic rings. The molecule has 1 aliphatic rings. The van der Waals surface area contributed by atoms with Gasteiger partial charge in [-0.1, -0.05) is 18.2 Å². The first-order valence-electron chi connectivity index (χ1n) is 6.82. The van der Waals surface area contributed by atoms with Gasteiger partial charge < -0.3 is 10.6 Å². The second-order valence-electron chi connectivity index (χ2n) is 5.14. The number of hydrogen-bond acceptors (Lipinski definition) is 4. The van der Waals surface area contributed by atoms with Crippen LogP contribution in [0, 0.1) is 12.7 Å². The topological polar surface area (TPSA) is 87.3 Å². The SMILES string of the molecule is Cc1ccccc1NC(=O)[C@@H]1Nc2cc(F)ccc2S(=O)(=O)N1. The van der Waals surface area contributed by atoms with Gasteiger partial charge in [0.1, 0.15) is 10.7 Å².